The highest BCUT2D eigenvalue weighted by atomic mass is 28.4. The maximum atomic E-state index is 13.6. The van der Waals surface area contributed by atoms with Gasteiger partial charge >= 0.3 is 5.97 Å². The predicted octanol–water partition coefficient (Wildman–Crippen LogP) is 6.07. The molecule has 7 heteroatoms. The Morgan fingerprint density at radius 2 is 1.95 bits per heavy atom. The van der Waals surface area contributed by atoms with Crippen molar-refractivity contribution < 1.29 is 28.5 Å². The van der Waals surface area contributed by atoms with E-state index in [0.717, 1.165) is 12.0 Å². The molecule has 0 aromatic carbocycles. The van der Waals surface area contributed by atoms with Gasteiger partial charge in [-0.3, -0.25) is 0 Å². The number of carbonyl (C=O) groups is 1. The van der Waals surface area contributed by atoms with Crippen LogP contribution < -0.4 is 0 Å². The molecule has 2 aliphatic heterocycles. The summed E-state index contributed by atoms with van der Waals surface area (Å²) in [6, 6.07) is 0. The van der Waals surface area contributed by atoms with E-state index in [-0.39, 0.29) is 58.7 Å². The first-order chi connectivity index (χ1) is 18.1. The Morgan fingerprint density at radius 1 is 1.28 bits per heavy atom. The molecule has 1 spiro atoms. The first-order valence-electron chi connectivity index (χ1n) is 14.9. The van der Waals surface area contributed by atoms with Gasteiger partial charge in [0, 0.05) is 30.8 Å². The summed E-state index contributed by atoms with van der Waals surface area (Å²) in [4.78, 5) is 13.6. The molecule has 1 saturated heterocycles. The Bertz CT molecular complexity index is 997. The minimum Gasteiger partial charge on any atom is -0.457 e. The fourth-order valence-electron chi connectivity index (χ4n) is 7.71. The van der Waals surface area contributed by atoms with Crippen LogP contribution in [0.2, 0.25) is 18.1 Å². The van der Waals surface area contributed by atoms with Crippen LogP contribution in [-0.4, -0.2) is 62.6 Å². The Kier molecular flexibility index (Phi) is 8.55. The van der Waals surface area contributed by atoms with E-state index in [9.17, 15) is 9.90 Å². The molecule has 0 aromatic rings. The molecule has 220 valence electrons. The molecule has 2 heterocycles. The van der Waals surface area contributed by atoms with Gasteiger partial charge < -0.3 is 23.7 Å². The Morgan fingerprint density at radius 3 is 2.54 bits per heavy atom. The van der Waals surface area contributed by atoms with Crippen molar-refractivity contribution in [3.8, 4) is 0 Å². The van der Waals surface area contributed by atoms with E-state index in [1.54, 1.807) is 7.11 Å². The Labute approximate surface area is 237 Å². The van der Waals surface area contributed by atoms with E-state index in [1.807, 2.05) is 13.0 Å². The summed E-state index contributed by atoms with van der Waals surface area (Å²) in [7, 11) is -0.538. The number of esters is 1. The van der Waals surface area contributed by atoms with E-state index in [2.05, 4.69) is 79.4 Å². The van der Waals surface area contributed by atoms with Gasteiger partial charge in [0.25, 0.3) is 0 Å². The first kappa shape index (κ1) is 30.7. The third-order valence-corrected chi connectivity index (χ3v) is 15.4. The zero-order chi connectivity index (χ0) is 29.1. The quantitative estimate of drug-likeness (QED) is 0.242. The number of rotatable bonds is 6. The normalized spacial score (nSPS) is 44.6. The third-order valence-electron chi connectivity index (χ3n) is 10.8. The number of hydrogen-bond acceptors (Lipinski definition) is 6. The van der Waals surface area contributed by atoms with Crippen LogP contribution in [0, 0.1) is 35.5 Å². The lowest BCUT2D eigenvalue weighted by molar-refractivity contribution is -0.171. The highest BCUT2D eigenvalue weighted by Crippen LogP contribution is 2.62. The molecule has 4 rings (SSSR count). The van der Waals surface area contributed by atoms with Gasteiger partial charge in [0.1, 0.15) is 11.7 Å². The number of allylic oxidation sites excluding steroid dienone is 1. The van der Waals surface area contributed by atoms with Gasteiger partial charge in [0.2, 0.25) is 0 Å². The molecule has 12 atom stereocenters. The molecular formula is C32H52O6Si. The van der Waals surface area contributed by atoms with Gasteiger partial charge in [-0.2, -0.15) is 0 Å². The van der Waals surface area contributed by atoms with Gasteiger partial charge in [0.15, 0.2) is 14.4 Å². The summed E-state index contributed by atoms with van der Waals surface area (Å²) in [5.74, 6) is -0.268. The molecule has 2 fully saturated rings. The number of ether oxygens (including phenoxy) is 3. The lowest BCUT2D eigenvalue weighted by Gasteiger charge is -2.49. The van der Waals surface area contributed by atoms with Crippen LogP contribution in [0.3, 0.4) is 0 Å². The van der Waals surface area contributed by atoms with E-state index < -0.39 is 32.2 Å². The van der Waals surface area contributed by atoms with Gasteiger partial charge in [-0.1, -0.05) is 58.9 Å². The number of aliphatic hydroxyl groups excluding tert-OH is 1. The van der Waals surface area contributed by atoms with Gasteiger partial charge in [-0.25, -0.2) is 4.79 Å². The van der Waals surface area contributed by atoms with E-state index >= 15 is 0 Å². The van der Waals surface area contributed by atoms with Gasteiger partial charge in [0.05, 0.1) is 18.3 Å². The molecular weight excluding hydrogens is 508 g/mol. The molecule has 1 N–H and O–H groups in total. The van der Waals surface area contributed by atoms with Crippen LogP contribution in [0.1, 0.15) is 61.3 Å². The average Bonchev–Trinajstić information content (AvgIpc) is 3.04. The highest BCUT2D eigenvalue weighted by Gasteiger charge is 2.67. The van der Waals surface area contributed by atoms with Gasteiger partial charge in [-0.15, -0.1) is 6.58 Å². The third kappa shape index (κ3) is 5.05. The van der Waals surface area contributed by atoms with E-state index in [1.165, 1.54) is 0 Å². The molecule has 1 unspecified atom stereocenters. The van der Waals surface area contributed by atoms with Crippen LogP contribution in [0.15, 0.2) is 36.5 Å². The fraction of sp³-hybridized carbons (Fsp3) is 0.781. The molecule has 4 aliphatic rings. The lowest BCUT2D eigenvalue weighted by Crippen LogP contribution is -2.56. The molecule has 0 amide bonds. The number of aliphatic hydroxyl groups is 1. The van der Waals surface area contributed by atoms with Crippen molar-refractivity contribution in [1.82, 2.24) is 0 Å². The summed E-state index contributed by atoms with van der Waals surface area (Å²) < 4.78 is 25.9. The van der Waals surface area contributed by atoms with Crippen molar-refractivity contribution in [1.29, 1.82) is 0 Å². The van der Waals surface area contributed by atoms with Crippen molar-refractivity contribution in [2.24, 2.45) is 35.5 Å². The van der Waals surface area contributed by atoms with E-state index in [0.29, 0.717) is 6.42 Å². The van der Waals surface area contributed by atoms with Crippen molar-refractivity contribution in [2.45, 2.75) is 116 Å². The van der Waals surface area contributed by atoms with Crippen LogP contribution in [-0.2, 0) is 23.4 Å². The molecule has 1 saturated carbocycles. The maximum Gasteiger partial charge on any atom is 0.335 e. The summed E-state index contributed by atoms with van der Waals surface area (Å²) >= 11 is 0. The summed E-state index contributed by atoms with van der Waals surface area (Å²) in [6.45, 7) is 23.5. The van der Waals surface area contributed by atoms with Crippen LogP contribution in [0.25, 0.3) is 0 Å². The van der Waals surface area contributed by atoms with Crippen molar-refractivity contribution in [2.75, 3.05) is 7.11 Å². The molecule has 0 aromatic heterocycles. The van der Waals surface area contributed by atoms with Gasteiger partial charge in [-0.05, 0) is 62.2 Å². The second-order valence-corrected chi connectivity index (χ2v) is 18.9. The van der Waals surface area contributed by atoms with Crippen molar-refractivity contribution >= 4 is 14.3 Å². The fourth-order valence-corrected chi connectivity index (χ4v) is 9.12. The largest absolute Gasteiger partial charge is 0.457 e. The SMILES string of the molecule is C=CC[C@@H]1C(C)[C@@H](O)[C@@H]2[C@H]3C=C[C@@H]4C[C@H](OC)C(=O)O[C@H]([C@@H](C)O[Si](C)(C)C(C)(C)C)[C@H](C)/C=C(/C)[C@@]24O[C@H]31. The predicted molar refractivity (Wildman–Crippen MR) is 157 cm³/mol. The monoisotopic (exact) mass is 560 g/mol. The molecule has 0 radical (unpaired) electrons. The summed E-state index contributed by atoms with van der Waals surface area (Å²) in [5, 5.41) is 11.8. The number of carbonyl (C=O) groups excluding carboxylic acids is 1. The molecule has 39 heavy (non-hydrogen) atoms. The first-order valence-corrected chi connectivity index (χ1v) is 17.8. The highest BCUT2D eigenvalue weighted by molar-refractivity contribution is 6.74. The van der Waals surface area contributed by atoms with Crippen molar-refractivity contribution in [3.63, 3.8) is 0 Å². The zero-order valence-electron chi connectivity index (χ0n) is 25.8. The number of hydrogen-bond donors (Lipinski definition) is 1. The van der Waals surface area contributed by atoms with Crippen LogP contribution in [0.5, 0.6) is 0 Å². The number of cyclic esters (lactones) is 1. The topological polar surface area (TPSA) is 74.2 Å². The number of methoxy groups -OCH3 is 1. The molecule has 6 nitrogen and oxygen atoms in total. The Hall–Kier alpha value is -1.25. The maximum absolute atomic E-state index is 13.6. The Balaban J connectivity index is 1.79. The van der Waals surface area contributed by atoms with Crippen LogP contribution >= 0.6 is 0 Å². The molecule has 4 bridgehead atoms. The second kappa shape index (κ2) is 10.9. The summed E-state index contributed by atoms with van der Waals surface area (Å²) in [6.07, 6.45) is 7.82. The average molecular weight is 561 g/mol. The second-order valence-electron chi connectivity index (χ2n) is 14.2. The lowest BCUT2D eigenvalue weighted by atomic mass is 9.55. The molecule has 2 aliphatic carbocycles. The van der Waals surface area contributed by atoms with Crippen LogP contribution in [0.4, 0.5) is 0 Å². The minimum atomic E-state index is -2.11. The minimum absolute atomic E-state index is 0.00108. The summed E-state index contributed by atoms with van der Waals surface area (Å²) in [5.41, 5.74) is 0.398. The zero-order valence-corrected chi connectivity index (χ0v) is 26.8. The van der Waals surface area contributed by atoms with E-state index in [4.69, 9.17) is 18.6 Å². The smallest absolute Gasteiger partial charge is 0.335 e. The standard InChI is InChI=1S/C32H52O6Si/c1-12-13-23-20(4)27(33)26-24-15-14-22-17-25(35-9)30(34)36-28(21(5)38-39(10,11)31(6,7)8)18(2)16-19(3)32(22,26)37-29(23)24/h12,14-16,18,20-29,33H,1,13,17H2,2-11H3/b19-16-/t18-,20?,21-,22-,23-,24-,25+,26+,27-,28+,29+,32+/m1/s1. The van der Waals surface area contributed by atoms with Crippen molar-refractivity contribution in [3.05, 3.63) is 36.5 Å².